The molecule has 4 aromatic rings. The largest absolute Gasteiger partial charge is 0.332 e. The highest BCUT2D eigenvalue weighted by Crippen LogP contribution is 2.31. The van der Waals surface area contributed by atoms with Crippen LogP contribution in [0.5, 0.6) is 0 Å². The first kappa shape index (κ1) is 15.5. The number of hydrogen-bond acceptors (Lipinski definition) is 5. The lowest BCUT2D eigenvalue weighted by molar-refractivity contribution is 0.0988. The third-order valence-electron chi connectivity index (χ3n) is 3.93. The zero-order valence-corrected chi connectivity index (χ0v) is 14.5. The van der Waals surface area contributed by atoms with Crippen LogP contribution >= 0.6 is 11.3 Å². The van der Waals surface area contributed by atoms with Gasteiger partial charge in [0.25, 0.3) is 0 Å². The molecule has 0 saturated carbocycles. The third-order valence-corrected chi connectivity index (χ3v) is 4.87. The van der Waals surface area contributed by atoms with Gasteiger partial charge in [-0.3, -0.25) is 9.20 Å². The van der Waals surface area contributed by atoms with E-state index in [0.717, 1.165) is 27.0 Å². The number of anilines is 2. The highest BCUT2D eigenvalue weighted by molar-refractivity contribution is 7.18. The molecule has 0 bridgehead atoms. The number of rotatable bonds is 5. The van der Waals surface area contributed by atoms with Crippen LogP contribution in [0.2, 0.25) is 0 Å². The summed E-state index contributed by atoms with van der Waals surface area (Å²) in [6, 6.07) is 13.4. The van der Waals surface area contributed by atoms with Gasteiger partial charge in [-0.2, -0.15) is 0 Å². The van der Waals surface area contributed by atoms with Gasteiger partial charge in [0.15, 0.2) is 10.9 Å². The van der Waals surface area contributed by atoms with E-state index in [0.29, 0.717) is 12.0 Å². The fourth-order valence-corrected chi connectivity index (χ4v) is 3.51. The molecule has 0 fully saturated rings. The van der Waals surface area contributed by atoms with E-state index in [1.807, 2.05) is 72.4 Å². The number of Topliss-reactive ketones (excluding diaryl/α,β-unsaturated/α-hetero) is 1. The number of fused-ring (bicyclic) bond motifs is 1. The Balaban J connectivity index is 1.61. The van der Waals surface area contributed by atoms with Crippen molar-refractivity contribution in [2.45, 2.75) is 13.3 Å². The van der Waals surface area contributed by atoms with Gasteiger partial charge in [0, 0.05) is 30.1 Å². The van der Waals surface area contributed by atoms with Crippen molar-refractivity contribution >= 4 is 33.6 Å². The second-order valence-corrected chi connectivity index (χ2v) is 6.62. The van der Waals surface area contributed by atoms with Crippen molar-refractivity contribution < 1.29 is 4.79 Å². The Morgan fingerprint density at radius 2 is 2.08 bits per heavy atom. The number of pyridine rings is 1. The van der Waals surface area contributed by atoms with Crippen LogP contribution < -0.4 is 5.32 Å². The summed E-state index contributed by atoms with van der Waals surface area (Å²) >= 11 is 1.55. The molecule has 3 aromatic heterocycles. The molecule has 6 heteroatoms. The molecular weight excluding hydrogens is 332 g/mol. The molecule has 25 heavy (non-hydrogen) atoms. The van der Waals surface area contributed by atoms with Gasteiger partial charge in [0.1, 0.15) is 5.65 Å². The van der Waals surface area contributed by atoms with Crippen LogP contribution in [-0.2, 0) is 0 Å². The average molecular weight is 348 g/mol. The van der Waals surface area contributed by atoms with Gasteiger partial charge in [-0.1, -0.05) is 36.5 Å². The molecule has 0 spiro atoms. The minimum Gasteiger partial charge on any atom is -0.332 e. The maximum absolute atomic E-state index is 11.9. The summed E-state index contributed by atoms with van der Waals surface area (Å²) in [6.45, 7) is 1.87. The average Bonchev–Trinajstić information content (AvgIpc) is 3.28. The molecule has 0 saturated heterocycles. The molecule has 3 heterocycles. The Kier molecular flexibility index (Phi) is 4.03. The number of benzene rings is 1. The lowest BCUT2D eigenvalue weighted by Crippen LogP contribution is -1.97. The highest BCUT2D eigenvalue weighted by atomic mass is 32.1. The van der Waals surface area contributed by atoms with Crippen molar-refractivity contribution in [2.75, 3.05) is 5.32 Å². The Morgan fingerprint density at radius 3 is 2.96 bits per heavy atom. The van der Waals surface area contributed by atoms with E-state index >= 15 is 0 Å². The molecule has 0 aliphatic heterocycles. The van der Waals surface area contributed by atoms with Crippen LogP contribution in [0.25, 0.3) is 16.2 Å². The van der Waals surface area contributed by atoms with E-state index in [-0.39, 0.29) is 5.78 Å². The highest BCUT2D eigenvalue weighted by Gasteiger charge is 2.10. The fourth-order valence-electron chi connectivity index (χ4n) is 2.66. The maximum Gasteiger partial charge on any atom is 0.187 e. The number of thiazole rings is 1. The number of ketones is 1. The topological polar surface area (TPSA) is 59.3 Å². The van der Waals surface area contributed by atoms with E-state index in [1.165, 1.54) is 0 Å². The van der Waals surface area contributed by atoms with Crippen molar-refractivity contribution in [2.24, 2.45) is 0 Å². The van der Waals surface area contributed by atoms with Gasteiger partial charge in [-0.05, 0) is 24.3 Å². The summed E-state index contributed by atoms with van der Waals surface area (Å²) in [5.74, 6) is 0.134. The first-order valence-electron chi connectivity index (χ1n) is 8.03. The Labute approximate surface area is 149 Å². The first-order valence-corrected chi connectivity index (χ1v) is 8.85. The lowest BCUT2D eigenvalue weighted by atomic mass is 10.1. The van der Waals surface area contributed by atoms with E-state index in [9.17, 15) is 4.79 Å². The van der Waals surface area contributed by atoms with Crippen LogP contribution in [0.1, 0.15) is 23.7 Å². The number of nitrogens with one attached hydrogen (secondary N) is 1. The molecule has 124 valence electrons. The number of hydrogen-bond donors (Lipinski definition) is 1. The first-order chi connectivity index (χ1) is 12.2. The number of imidazole rings is 1. The smallest absolute Gasteiger partial charge is 0.187 e. The summed E-state index contributed by atoms with van der Waals surface area (Å²) in [6.07, 6.45) is 6.18. The molecule has 1 N–H and O–H groups in total. The van der Waals surface area contributed by atoms with Crippen molar-refractivity contribution in [3.8, 4) is 10.6 Å². The van der Waals surface area contributed by atoms with E-state index < -0.39 is 0 Å². The Hall–Kier alpha value is -2.99. The molecule has 0 radical (unpaired) electrons. The van der Waals surface area contributed by atoms with Gasteiger partial charge < -0.3 is 5.32 Å². The molecule has 0 aliphatic rings. The quantitative estimate of drug-likeness (QED) is 0.527. The molecular formula is C19H16N4OS. The zero-order valence-electron chi connectivity index (χ0n) is 13.6. The van der Waals surface area contributed by atoms with Crippen LogP contribution in [0.4, 0.5) is 10.8 Å². The number of nitrogens with zero attached hydrogens (tertiary/aromatic N) is 3. The molecule has 0 aliphatic carbocycles. The number of carbonyl (C=O) groups excluding carboxylic acids is 1. The number of aromatic nitrogens is 3. The van der Waals surface area contributed by atoms with Crippen molar-refractivity contribution in [1.82, 2.24) is 14.4 Å². The van der Waals surface area contributed by atoms with Gasteiger partial charge in [-0.15, -0.1) is 0 Å². The molecule has 0 amide bonds. The van der Waals surface area contributed by atoms with Gasteiger partial charge in [0.05, 0.1) is 16.8 Å². The third kappa shape index (κ3) is 3.04. The summed E-state index contributed by atoms with van der Waals surface area (Å²) in [4.78, 5) is 21.7. The predicted molar refractivity (Wildman–Crippen MR) is 101 cm³/mol. The van der Waals surface area contributed by atoms with Gasteiger partial charge in [0.2, 0.25) is 0 Å². The Morgan fingerprint density at radius 1 is 1.16 bits per heavy atom. The minimum atomic E-state index is 0.134. The van der Waals surface area contributed by atoms with Crippen LogP contribution in [0, 0.1) is 0 Å². The molecule has 1 aromatic carbocycles. The maximum atomic E-state index is 11.9. The Bertz CT molecular complexity index is 1050. The fraction of sp³-hybridized carbons (Fsp3) is 0.105. The van der Waals surface area contributed by atoms with Crippen LogP contribution in [0.15, 0.2) is 61.1 Å². The van der Waals surface area contributed by atoms with Crippen LogP contribution in [-0.4, -0.2) is 20.2 Å². The summed E-state index contributed by atoms with van der Waals surface area (Å²) in [5.41, 5.74) is 3.49. The molecule has 0 unspecified atom stereocenters. The van der Waals surface area contributed by atoms with E-state index in [2.05, 4.69) is 15.3 Å². The molecule has 0 atom stereocenters. The van der Waals surface area contributed by atoms with Crippen LogP contribution in [0.3, 0.4) is 0 Å². The number of carbonyl (C=O) groups is 1. The van der Waals surface area contributed by atoms with E-state index in [1.54, 1.807) is 11.3 Å². The second kappa shape index (κ2) is 6.49. The molecule has 4 rings (SSSR count). The standard InChI is InChI=1S/C19H16N4OS/c1-2-16(24)13-6-5-7-14(10-13)22-19-21-12-17(25-19)15-11-20-18-8-3-4-9-23(15)18/h3-12H,2H2,1H3,(H,21,22). The summed E-state index contributed by atoms with van der Waals surface area (Å²) in [5, 5.41) is 4.06. The summed E-state index contributed by atoms with van der Waals surface area (Å²) < 4.78 is 2.04. The monoisotopic (exact) mass is 348 g/mol. The van der Waals surface area contributed by atoms with Crippen molar-refractivity contribution in [3.05, 3.63) is 66.6 Å². The zero-order chi connectivity index (χ0) is 17.2. The van der Waals surface area contributed by atoms with E-state index in [4.69, 9.17) is 0 Å². The normalized spacial score (nSPS) is 10.9. The second-order valence-electron chi connectivity index (χ2n) is 5.58. The predicted octanol–water partition coefficient (Wildman–Crippen LogP) is 4.79. The van der Waals surface area contributed by atoms with Gasteiger partial charge >= 0.3 is 0 Å². The lowest BCUT2D eigenvalue weighted by Gasteiger charge is -2.04. The minimum absolute atomic E-state index is 0.134. The van der Waals surface area contributed by atoms with Crippen molar-refractivity contribution in [3.63, 3.8) is 0 Å². The SMILES string of the molecule is CCC(=O)c1cccc(Nc2ncc(-c3cnc4ccccn34)s2)c1. The van der Waals surface area contributed by atoms with Gasteiger partial charge in [-0.25, -0.2) is 9.97 Å². The molecule has 5 nitrogen and oxygen atoms in total. The summed E-state index contributed by atoms with van der Waals surface area (Å²) in [7, 11) is 0. The van der Waals surface area contributed by atoms with Crippen molar-refractivity contribution in [1.29, 1.82) is 0 Å².